The van der Waals surface area contributed by atoms with E-state index in [0.717, 1.165) is 37.9 Å². The van der Waals surface area contributed by atoms with Crippen LogP contribution in [0.4, 0.5) is 13.2 Å². The molecular weight excluding hydrogens is 257 g/mol. The van der Waals surface area contributed by atoms with Gasteiger partial charge in [0, 0.05) is 6.20 Å². The minimum absolute atomic E-state index is 0.389. The van der Waals surface area contributed by atoms with Crippen molar-refractivity contribution in [3.05, 3.63) is 29.7 Å². The van der Waals surface area contributed by atoms with Gasteiger partial charge in [-0.1, -0.05) is 12.8 Å². The number of hydrogen-bond acceptors (Lipinski definition) is 3. The van der Waals surface area contributed by atoms with Gasteiger partial charge in [-0.05, 0) is 25.0 Å². The maximum atomic E-state index is 12.7. The molecule has 0 aliphatic heterocycles. The highest BCUT2D eigenvalue weighted by Gasteiger charge is 2.37. The third-order valence-corrected chi connectivity index (χ3v) is 3.67. The molecule has 2 aromatic rings. The molecule has 2 aromatic heterocycles. The summed E-state index contributed by atoms with van der Waals surface area (Å²) in [5.74, 6) is 0.422. The smallest absolute Gasteiger partial charge is 0.319 e. The van der Waals surface area contributed by atoms with E-state index in [1.54, 1.807) is 0 Å². The van der Waals surface area contributed by atoms with Crippen molar-refractivity contribution in [2.75, 3.05) is 0 Å². The molecule has 0 unspecified atom stereocenters. The molecule has 0 amide bonds. The first-order valence-corrected chi connectivity index (χ1v) is 6.11. The van der Waals surface area contributed by atoms with Gasteiger partial charge in [0.1, 0.15) is 0 Å². The Morgan fingerprint density at radius 2 is 1.84 bits per heavy atom. The largest absolute Gasteiger partial charge is 0.417 e. The molecule has 1 aliphatic carbocycles. The lowest BCUT2D eigenvalue weighted by atomic mass is 9.98. The second-order valence-corrected chi connectivity index (χ2v) is 5.03. The standard InChI is InChI=1S/C12H13F3N4/c13-12(14,15)8-3-4-9-17-18-10(19(9)7-8)11(16)5-1-2-6-11/h3-4,7H,1-2,5-6,16H2. The van der Waals surface area contributed by atoms with Gasteiger partial charge in [-0.3, -0.25) is 4.40 Å². The fourth-order valence-corrected chi connectivity index (χ4v) is 2.63. The average Bonchev–Trinajstić information content (AvgIpc) is 2.93. The topological polar surface area (TPSA) is 56.2 Å². The number of alkyl halides is 3. The molecular formula is C12H13F3N4. The number of aromatic nitrogens is 3. The molecule has 0 atom stereocenters. The second kappa shape index (κ2) is 3.93. The molecule has 0 bridgehead atoms. The number of rotatable bonds is 1. The molecule has 0 aromatic carbocycles. The normalized spacial score (nSPS) is 19.2. The Kier molecular flexibility index (Phi) is 2.57. The summed E-state index contributed by atoms with van der Waals surface area (Å²) in [6, 6.07) is 2.32. The highest BCUT2D eigenvalue weighted by Crippen LogP contribution is 2.36. The lowest BCUT2D eigenvalue weighted by Gasteiger charge is -2.21. The molecule has 0 spiro atoms. The van der Waals surface area contributed by atoms with Crippen LogP contribution in [-0.2, 0) is 11.7 Å². The Balaban J connectivity index is 2.16. The third kappa shape index (κ3) is 1.98. The number of fused-ring (bicyclic) bond motifs is 1. The molecule has 102 valence electrons. The monoisotopic (exact) mass is 270 g/mol. The summed E-state index contributed by atoms with van der Waals surface area (Å²) in [6.07, 6.45) is 0.0214. The van der Waals surface area contributed by atoms with Gasteiger partial charge in [-0.25, -0.2) is 0 Å². The molecule has 2 N–H and O–H groups in total. The first-order chi connectivity index (χ1) is 8.90. The van der Waals surface area contributed by atoms with Crippen LogP contribution in [0, 0.1) is 0 Å². The number of nitrogens with zero attached hydrogens (tertiary/aromatic N) is 3. The van der Waals surface area contributed by atoms with Crippen molar-refractivity contribution in [2.24, 2.45) is 5.73 Å². The first kappa shape index (κ1) is 12.4. The fraction of sp³-hybridized carbons (Fsp3) is 0.500. The molecule has 0 saturated heterocycles. The SMILES string of the molecule is NC1(c2nnc3ccc(C(F)(F)F)cn23)CCCC1. The Morgan fingerprint density at radius 3 is 2.47 bits per heavy atom. The van der Waals surface area contributed by atoms with Crippen LogP contribution < -0.4 is 5.73 Å². The van der Waals surface area contributed by atoms with E-state index >= 15 is 0 Å². The molecule has 19 heavy (non-hydrogen) atoms. The van der Waals surface area contributed by atoms with Crippen molar-refractivity contribution in [3.8, 4) is 0 Å². The van der Waals surface area contributed by atoms with E-state index in [4.69, 9.17) is 5.73 Å². The van der Waals surface area contributed by atoms with E-state index in [0.29, 0.717) is 11.5 Å². The first-order valence-electron chi connectivity index (χ1n) is 6.11. The van der Waals surface area contributed by atoms with Gasteiger partial charge < -0.3 is 5.73 Å². The molecule has 2 heterocycles. The van der Waals surface area contributed by atoms with E-state index in [-0.39, 0.29) is 0 Å². The van der Waals surface area contributed by atoms with Gasteiger partial charge in [0.25, 0.3) is 0 Å². The number of nitrogens with two attached hydrogens (primary N) is 1. The highest BCUT2D eigenvalue weighted by atomic mass is 19.4. The Bertz CT molecular complexity index is 611. The molecule has 7 heteroatoms. The van der Waals surface area contributed by atoms with Crippen LogP contribution in [0.2, 0.25) is 0 Å². The summed E-state index contributed by atoms with van der Waals surface area (Å²) < 4.78 is 39.6. The van der Waals surface area contributed by atoms with E-state index in [1.165, 1.54) is 10.5 Å². The Hall–Kier alpha value is -1.63. The van der Waals surface area contributed by atoms with Gasteiger partial charge in [0.15, 0.2) is 11.5 Å². The highest BCUT2D eigenvalue weighted by molar-refractivity contribution is 5.41. The van der Waals surface area contributed by atoms with Gasteiger partial charge in [-0.15, -0.1) is 10.2 Å². The van der Waals surface area contributed by atoms with E-state index in [9.17, 15) is 13.2 Å². The zero-order valence-electron chi connectivity index (χ0n) is 10.1. The summed E-state index contributed by atoms with van der Waals surface area (Å²) in [5.41, 5.74) is 5.25. The van der Waals surface area contributed by atoms with Crippen LogP contribution in [0.5, 0.6) is 0 Å². The van der Waals surface area contributed by atoms with Crippen LogP contribution in [0.1, 0.15) is 37.1 Å². The molecule has 0 radical (unpaired) electrons. The quantitative estimate of drug-likeness (QED) is 0.866. The van der Waals surface area contributed by atoms with Crippen molar-refractivity contribution in [1.29, 1.82) is 0 Å². The third-order valence-electron chi connectivity index (χ3n) is 3.67. The minimum atomic E-state index is -4.38. The summed E-state index contributed by atoms with van der Waals surface area (Å²) >= 11 is 0. The Morgan fingerprint density at radius 1 is 1.16 bits per heavy atom. The molecule has 1 saturated carbocycles. The van der Waals surface area contributed by atoms with Crippen molar-refractivity contribution in [2.45, 2.75) is 37.4 Å². The van der Waals surface area contributed by atoms with E-state index in [1.807, 2.05) is 0 Å². The average molecular weight is 270 g/mol. The maximum absolute atomic E-state index is 12.7. The minimum Gasteiger partial charge on any atom is -0.319 e. The summed E-state index contributed by atoms with van der Waals surface area (Å²) in [7, 11) is 0. The maximum Gasteiger partial charge on any atom is 0.417 e. The van der Waals surface area contributed by atoms with Gasteiger partial charge in [0.2, 0.25) is 0 Å². The summed E-state index contributed by atoms with van der Waals surface area (Å²) in [5, 5.41) is 7.89. The van der Waals surface area contributed by atoms with E-state index < -0.39 is 17.3 Å². The number of hydrogen-bond donors (Lipinski definition) is 1. The van der Waals surface area contributed by atoms with Crippen LogP contribution in [0.15, 0.2) is 18.3 Å². The lowest BCUT2D eigenvalue weighted by Crippen LogP contribution is -2.35. The predicted octanol–water partition coefficient (Wildman–Crippen LogP) is 2.48. The fourth-order valence-electron chi connectivity index (χ4n) is 2.63. The van der Waals surface area contributed by atoms with Gasteiger partial charge in [-0.2, -0.15) is 13.2 Å². The zero-order valence-corrected chi connectivity index (χ0v) is 10.1. The van der Waals surface area contributed by atoms with E-state index in [2.05, 4.69) is 10.2 Å². The second-order valence-electron chi connectivity index (χ2n) is 5.03. The molecule has 1 fully saturated rings. The number of halogens is 3. The van der Waals surface area contributed by atoms with Crippen molar-refractivity contribution in [1.82, 2.24) is 14.6 Å². The van der Waals surface area contributed by atoms with Gasteiger partial charge >= 0.3 is 6.18 Å². The van der Waals surface area contributed by atoms with Crippen LogP contribution >= 0.6 is 0 Å². The molecule has 4 nitrogen and oxygen atoms in total. The lowest BCUT2D eigenvalue weighted by molar-refractivity contribution is -0.137. The van der Waals surface area contributed by atoms with Gasteiger partial charge in [0.05, 0.1) is 11.1 Å². The molecule has 1 aliphatic rings. The Labute approximate surface area is 107 Å². The summed E-state index contributed by atoms with van der Waals surface area (Å²) in [4.78, 5) is 0. The van der Waals surface area contributed by atoms with Crippen LogP contribution in [-0.4, -0.2) is 14.6 Å². The van der Waals surface area contributed by atoms with Crippen LogP contribution in [0.3, 0.4) is 0 Å². The van der Waals surface area contributed by atoms with Crippen molar-refractivity contribution < 1.29 is 13.2 Å². The number of pyridine rings is 1. The predicted molar refractivity (Wildman–Crippen MR) is 62.3 cm³/mol. The van der Waals surface area contributed by atoms with Crippen molar-refractivity contribution >= 4 is 5.65 Å². The van der Waals surface area contributed by atoms with Crippen LogP contribution in [0.25, 0.3) is 5.65 Å². The summed E-state index contributed by atoms with van der Waals surface area (Å²) in [6.45, 7) is 0. The zero-order chi connectivity index (χ0) is 13.7. The van der Waals surface area contributed by atoms with Crippen molar-refractivity contribution in [3.63, 3.8) is 0 Å². The molecule has 3 rings (SSSR count).